The van der Waals surface area contributed by atoms with E-state index in [1.165, 1.54) is 4.31 Å². The van der Waals surface area contributed by atoms with Crippen molar-refractivity contribution in [2.75, 3.05) is 6.54 Å². The minimum Gasteiger partial charge on any atom is -0.469 e. The van der Waals surface area contributed by atoms with Gasteiger partial charge in [-0.05, 0) is 43.2 Å². The van der Waals surface area contributed by atoms with Gasteiger partial charge in [-0.2, -0.15) is 4.31 Å². The zero-order chi connectivity index (χ0) is 20.0. The van der Waals surface area contributed by atoms with Gasteiger partial charge in [-0.1, -0.05) is 48.0 Å². The molecule has 1 aromatic heterocycles. The Kier molecular flexibility index (Phi) is 4.33. The number of furan rings is 1. The van der Waals surface area contributed by atoms with Crippen LogP contribution in [-0.2, 0) is 14.8 Å². The molecule has 5 rings (SSSR count). The number of benzene rings is 2. The van der Waals surface area contributed by atoms with Crippen LogP contribution in [0.1, 0.15) is 23.3 Å². The monoisotopic (exact) mass is 407 g/mol. The Hall–Kier alpha value is -2.83. The lowest BCUT2D eigenvalue weighted by Gasteiger charge is -2.24. The Labute approximate surface area is 170 Å². The van der Waals surface area contributed by atoms with Crippen LogP contribution in [0.15, 0.2) is 82.3 Å². The lowest BCUT2D eigenvalue weighted by atomic mass is 9.91. The van der Waals surface area contributed by atoms with E-state index >= 15 is 0 Å². The zero-order valence-corrected chi connectivity index (χ0v) is 16.8. The van der Waals surface area contributed by atoms with E-state index < -0.39 is 16.3 Å². The summed E-state index contributed by atoms with van der Waals surface area (Å²) in [4.78, 5) is 0.292. The van der Waals surface area contributed by atoms with Gasteiger partial charge < -0.3 is 9.15 Å². The topological polar surface area (TPSA) is 59.8 Å². The van der Waals surface area contributed by atoms with Gasteiger partial charge >= 0.3 is 0 Å². The molecule has 0 bridgehead atoms. The van der Waals surface area contributed by atoms with E-state index in [1.54, 1.807) is 18.4 Å². The number of ether oxygens (including phenoxy) is 1. The predicted octanol–water partition coefficient (Wildman–Crippen LogP) is 4.52. The lowest BCUT2D eigenvalue weighted by molar-refractivity contribution is 0.0868. The van der Waals surface area contributed by atoms with E-state index in [9.17, 15) is 8.42 Å². The fourth-order valence-corrected chi connectivity index (χ4v) is 5.74. The molecule has 1 fully saturated rings. The largest absolute Gasteiger partial charge is 0.469 e. The highest BCUT2D eigenvalue weighted by Gasteiger charge is 2.50. The molecule has 0 aliphatic carbocycles. The predicted molar refractivity (Wildman–Crippen MR) is 110 cm³/mol. The van der Waals surface area contributed by atoms with Crippen LogP contribution < -0.4 is 0 Å². The molecular weight excluding hydrogens is 386 g/mol. The number of rotatable bonds is 4. The molecule has 0 saturated carbocycles. The molecule has 0 radical (unpaired) electrons. The summed E-state index contributed by atoms with van der Waals surface area (Å²) < 4.78 is 40.0. The maximum atomic E-state index is 13.3. The van der Waals surface area contributed by atoms with Gasteiger partial charge in [-0.15, -0.1) is 0 Å². The third kappa shape index (κ3) is 2.99. The maximum Gasteiger partial charge on any atom is 0.246 e. The Bertz CT molecular complexity index is 1150. The highest BCUT2D eigenvalue weighted by Crippen LogP contribution is 2.49. The molecule has 0 amide bonds. The molecule has 0 N–H and O–H groups in total. The van der Waals surface area contributed by atoms with Crippen molar-refractivity contribution in [3.8, 4) is 0 Å². The van der Waals surface area contributed by atoms with Crippen LogP contribution in [0.4, 0.5) is 0 Å². The molecule has 5 nitrogen and oxygen atoms in total. The Morgan fingerprint density at radius 2 is 1.72 bits per heavy atom. The summed E-state index contributed by atoms with van der Waals surface area (Å²) >= 11 is 0. The van der Waals surface area contributed by atoms with Crippen LogP contribution >= 0.6 is 0 Å². The van der Waals surface area contributed by atoms with Crippen molar-refractivity contribution in [3.63, 3.8) is 0 Å². The zero-order valence-electron chi connectivity index (χ0n) is 16.0. The summed E-state index contributed by atoms with van der Waals surface area (Å²) in [7, 11) is -3.66. The second-order valence-corrected chi connectivity index (χ2v) is 9.31. The van der Waals surface area contributed by atoms with E-state index in [1.807, 2.05) is 61.5 Å². The fourth-order valence-electron chi connectivity index (χ4n) is 4.18. The maximum absolute atomic E-state index is 13.3. The quantitative estimate of drug-likeness (QED) is 0.638. The molecule has 2 aromatic carbocycles. The second kappa shape index (κ2) is 6.90. The highest BCUT2D eigenvalue weighted by atomic mass is 32.2. The van der Waals surface area contributed by atoms with Crippen molar-refractivity contribution in [2.45, 2.75) is 24.5 Å². The number of nitrogens with zero attached hydrogens (tertiary/aromatic N) is 1. The van der Waals surface area contributed by atoms with Crippen LogP contribution in [0.3, 0.4) is 0 Å². The molecule has 2 aliphatic heterocycles. The van der Waals surface area contributed by atoms with Crippen molar-refractivity contribution in [3.05, 3.63) is 89.9 Å². The number of fused-ring (bicyclic) bond motifs is 1. The first-order chi connectivity index (χ1) is 14.1. The van der Waals surface area contributed by atoms with E-state index in [4.69, 9.17) is 9.15 Å². The molecule has 2 atom stereocenters. The average Bonchev–Trinajstić information content (AvgIpc) is 3.45. The van der Waals surface area contributed by atoms with E-state index in [0.29, 0.717) is 29.4 Å². The van der Waals surface area contributed by atoms with Crippen LogP contribution in [0.2, 0.25) is 0 Å². The molecule has 6 heteroatoms. The van der Waals surface area contributed by atoms with Crippen LogP contribution in [0.5, 0.6) is 0 Å². The molecule has 148 valence electrons. The molecule has 0 spiro atoms. The molecule has 2 aliphatic rings. The van der Waals surface area contributed by atoms with Crippen LogP contribution in [0, 0.1) is 12.8 Å². The number of aryl methyl sites for hydroxylation is 1. The SMILES string of the molecule is Cc1ccc(S(=O)(=O)N2CC[C@@H]3C(c4ccccc4)=C(c4ccco4)O[C@@H]32)cc1. The van der Waals surface area contributed by atoms with Gasteiger partial charge in [0.05, 0.1) is 11.2 Å². The first-order valence-corrected chi connectivity index (χ1v) is 11.1. The summed E-state index contributed by atoms with van der Waals surface area (Å²) in [6.45, 7) is 2.36. The minimum atomic E-state index is -3.66. The van der Waals surface area contributed by atoms with Gasteiger partial charge in [0.1, 0.15) is 0 Å². The molecule has 3 aromatic rings. The Morgan fingerprint density at radius 1 is 0.966 bits per heavy atom. The van der Waals surface area contributed by atoms with Gasteiger partial charge in [-0.25, -0.2) is 8.42 Å². The lowest BCUT2D eigenvalue weighted by Crippen LogP contribution is -2.37. The minimum absolute atomic E-state index is 0.0438. The van der Waals surface area contributed by atoms with Gasteiger partial charge in [0, 0.05) is 18.0 Å². The smallest absolute Gasteiger partial charge is 0.246 e. The molecular formula is C23H21NO4S. The first kappa shape index (κ1) is 18.2. The van der Waals surface area contributed by atoms with Gasteiger partial charge in [0.2, 0.25) is 10.0 Å². The third-order valence-electron chi connectivity index (χ3n) is 5.60. The normalized spacial score (nSPS) is 22.0. The molecule has 0 unspecified atom stereocenters. The standard InChI is InChI=1S/C23H21NO4S/c1-16-9-11-18(12-10-16)29(25,26)24-14-13-19-21(17-6-3-2-4-7-17)22(28-23(19)24)20-8-5-15-27-20/h2-12,15,19,23H,13-14H2,1H3/t19-,23+/m1/s1. The van der Waals surface area contributed by atoms with Gasteiger partial charge in [0.15, 0.2) is 17.7 Å². The van der Waals surface area contributed by atoms with Crippen LogP contribution in [0.25, 0.3) is 11.3 Å². The molecule has 29 heavy (non-hydrogen) atoms. The molecule has 1 saturated heterocycles. The summed E-state index contributed by atoms with van der Waals surface area (Å²) in [6, 6.07) is 20.6. The summed E-state index contributed by atoms with van der Waals surface area (Å²) in [5.74, 6) is 1.20. The van der Waals surface area contributed by atoms with Gasteiger partial charge in [0.25, 0.3) is 0 Å². The van der Waals surface area contributed by atoms with Crippen LogP contribution in [-0.4, -0.2) is 25.5 Å². The highest BCUT2D eigenvalue weighted by molar-refractivity contribution is 7.89. The summed E-state index contributed by atoms with van der Waals surface area (Å²) in [5, 5.41) is 0. The van der Waals surface area contributed by atoms with Crippen molar-refractivity contribution in [1.82, 2.24) is 4.31 Å². The number of sulfonamides is 1. The second-order valence-electron chi connectivity index (χ2n) is 7.42. The third-order valence-corrected chi connectivity index (χ3v) is 7.48. The Balaban J connectivity index is 1.55. The van der Waals surface area contributed by atoms with Crippen molar-refractivity contribution in [2.24, 2.45) is 5.92 Å². The van der Waals surface area contributed by atoms with Crippen molar-refractivity contribution < 1.29 is 17.6 Å². The summed E-state index contributed by atoms with van der Waals surface area (Å²) in [5.41, 5.74) is 3.06. The number of hydrogen-bond acceptors (Lipinski definition) is 4. The van der Waals surface area contributed by atoms with E-state index in [0.717, 1.165) is 16.7 Å². The Morgan fingerprint density at radius 3 is 2.41 bits per heavy atom. The first-order valence-electron chi connectivity index (χ1n) is 9.64. The van der Waals surface area contributed by atoms with E-state index in [2.05, 4.69) is 0 Å². The van der Waals surface area contributed by atoms with Crippen molar-refractivity contribution in [1.29, 1.82) is 0 Å². The number of hydrogen-bond donors (Lipinski definition) is 0. The van der Waals surface area contributed by atoms with E-state index in [-0.39, 0.29) is 5.92 Å². The van der Waals surface area contributed by atoms with Crippen molar-refractivity contribution >= 4 is 21.4 Å². The van der Waals surface area contributed by atoms with Gasteiger partial charge in [-0.3, -0.25) is 0 Å². The average molecular weight is 407 g/mol. The summed E-state index contributed by atoms with van der Waals surface area (Å²) in [6.07, 6.45) is 1.73. The molecule has 3 heterocycles. The fraction of sp³-hybridized carbons (Fsp3) is 0.217.